The molecule has 0 aromatic rings. The molecule has 426 valence electrons. The second-order valence-corrected chi connectivity index (χ2v) is 22.5. The zero-order valence-corrected chi connectivity index (χ0v) is 48.7. The summed E-state index contributed by atoms with van der Waals surface area (Å²) in [7, 11) is 0. The van der Waals surface area contributed by atoms with Crippen LogP contribution in [0.25, 0.3) is 0 Å². The molecule has 0 heterocycles. The Balaban J connectivity index is 3.32. The number of aliphatic hydroxyl groups is 2. The number of rotatable bonds is 61. The number of allylic oxidation sites excluding steroid dienone is 3. The van der Waals surface area contributed by atoms with Crippen LogP contribution in [0.2, 0.25) is 0 Å². The summed E-state index contributed by atoms with van der Waals surface area (Å²) in [4.78, 5) is 24.4. The van der Waals surface area contributed by atoms with Crippen molar-refractivity contribution < 1.29 is 24.5 Å². The lowest BCUT2D eigenvalue weighted by atomic mass is 10.0. The van der Waals surface area contributed by atoms with E-state index in [4.69, 9.17) is 4.74 Å². The average molecular weight is 1010 g/mol. The van der Waals surface area contributed by atoms with E-state index < -0.39 is 12.1 Å². The Hall–Kier alpha value is -1.66. The highest BCUT2D eigenvalue weighted by Gasteiger charge is 2.18. The van der Waals surface area contributed by atoms with Gasteiger partial charge in [0.1, 0.15) is 0 Å². The highest BCUT2D eigenvalue weighted by molar-refractivity contribution is 5.76. The Labute approximate surface area is 450 Å². The smallest absolute Gasteiger partial charge is 0.305 e. The Bertz CT molecular complexity index is 1120. The van der Waals surface area contributed by atoms with Crippen molar-refractivity contribution >= 4 is 11.9 Å². The van der Waals surface area contributed by atoms with Crippen molar-refractivity contribution in [1.82, 2.24) is 5.32 Å². The average Bonchev–Trinajstić information content (AvgIpc) is 3.38. The summed E-state index contributed by atoms with van der Waals surface area (Å²) < 4.78 is 5.47. The summed E-state index contributed by atoms with van der Waals surface area (Å²) in [6, 6.07) is -0.623. The molecule has 6 nitrogen and oxygen atoms in total. The van der Waals surface area contributed by atoms with Gasteiger partial charge in [-0.25, -0.2) is 0 Å². The minimum atomic E-state index is -0.839. The largest absolute Gasteiger partial charge is 0.466 e. The molecule has 2 unspecified atom stereocenters. The molecule has 0 aromatic carbocycles. The highest BCUT2D eigenvalue weighted by Crippen LogP contribution is 2.18. The zero-order valence-electron chi connectivity index (χ0n) is 48.7. The first-order valence-corrected chi connectivity index (χ1v) is 32.6. The number of nitrogens with one attached hydrogen (secondary N) is 1. The molecule has 0 radical (unpaired) electrons. The number of hydrogen-bond donors (Lipinski definition) is 3. The molecule has 0 bridgehead atoms. The van der Waals surface area contributed by atoms with Gasteiger partial charge >= 0.3 is 5.97 Å². The Morgan fingerprint density at radius 2 is 0.667 bits per heavy atom. The highest BCUT2D eigenvalue weighted by atomic mass is 16.5. The molecule has 0 fully saturated rings. The molecular formula is C66H127NO5. The quantitative estimate of drug-likeness (QED) is 0.0320. The minimum absolute atomic E-state index is 0.00994. The van der Waals surface area contributed by atoms with Gasteiger partial charge in [-0.2, -0.15) is 0 Å². The maximum absolute atomic E-state index is 12.4. The third kappa shape index (κ3) is 57.6. The maximum Gasteiger partial charge on any atom is 0.305 e. The number of carbonyl (C=O) groups excluding carboxylic acids is 2. The fraction of sp³-hybridized carbons (Fsp3) is 0.909. The Kier molecular flexibility index (Phi) is 60.5. The predicted octanol–water partition coefficient (Wildman–Crippen LogP) is 20.6. The molecule has 6 heteroatoms. The van der Waals surface area contributed by atoms with Crippen LogP contribution in [0.3, 0.4) is 0 Å². The first-order valence-electron chi connectivity index (χ1n) is 32.6. The molecule has 0 aromatic heterocycles. The number of ether oxygens (including phenoxy) is 1. The van der Waals surface area contributed by atoms with Gasteiger partial charge in [-0.3, -0.25) is 9.59 Å². The van der Waals surface area contributed by atoms with Crippen molar-refractivity contribution in [3.63, 3.8) is 0 Å². The van der Waals surface area contributed by atoms with Crippen LogP contribution in [0.15, 0.2) is 24.3 Å². The van der Waals surface area contributed by atoms with E-state index in [2.05, 4.69) is 31.3 Å². The molecule has 72 heavy (non-hydrogen) atoms. The first-order chi connectivity index (χ1) is 35.5. The van der Waals surface area contributed by atoms with E-state index in [9.17, 15) is 19.8 Å². The summed E-state index contributed by atoms with van der Waals surface area (Å²) in [6.07, 6.45) is 76.8. The molecule has 0 aliphatic heterocycles. The first kappa shape index (κ1) is 70.3. The number of aliphatic hydroxyl groups excluding tert-OH is 2. The van der Waals surface area contributed by atoms with Crippen molar-refractivity contribution in [3.8, 4) is 0 Å². The van der Waals surface area contributed by atoms with Crippen LogP contribution in [0.4, 0.5) is 0 Å². The monoisotopic (exact) mass is 1010 g/mol. The normalized spacial score (nSPS) is 12.7. The van der Waals surface area contributed by atoms with Crippen molar-refractivity contribution in [2.24, 2.45) is 0 Å². The standard InChI is InChI=1S/C66H127NO5/c1-3-5-7-9-11-13-15-39-42-46-50-54-58-64(69)63(62-68)67-65(70)59-55-51-47-43-40-36-34-32-30-28-26-24-22-20-18-16-17-19-21-23-25-27-29-31-33-35-37-41-45-49-53-57-61-72-66(71)60-56-52-48-44-38-14-12-10-8-6-4-2/h10,12,54,58,63-64,68-69H,3-9,11,13-53,55-57,59-62H2,1-2H3,(H,67,70)/b12-10-,58-54+. The van der Waals surface area contributed by atoms with Crippen LogP contribution in [0.5, 0.6) is 0 Å². The third-order valence-electron chi connectivity index (χ3n) is 15.2. The van der Waals surface area contributed by atoms with Crippen molar-refractivity contribution in [1.29, 1.82) is 0 Å². The van der Waals surface area contributed by atoms with Crippen LogP contribution in [0, 0.1) is 0 Å². The van der Waals surface area contributed by atoms with Crippen molar-refractivity contribution in [2.45, 2.75) is 373 Å². The molecule has 0 rings (SSSR count). The number of unbranched alkanes of at least 4 members (excludes halogenated alkanes) is 48. The zero-order chi connectivity index (χ0) is 52.2. The third-order valence-corrected chi connectivity index (χ3v) is 15.2. The number of hydrogen-bond acceptors (Lipinski definition) is 5. The molecular weight excluding hydrogens is 887 g/mol. The fourth-order valence-corrected chi connectivity index (χ4v) is 10.2. The lowest BCUT2D eigenvalue weighted by Gasteiger charge is -2.20. The van der Waals surface area contributed by atoms with E-state index in [1.54, 1.807) is 6.08 Å². The summed E-state index contributed by atoms with van der Waals surface area (Å²) in [6.45, 7) is 4.88. The van der Waals surface area contributed by atoms with Crippen molar-refractivity contribution in [3.05, 3.63) is 24.3 Å². The summed E-state index contributed by atoms with van der Waals surface area (Å²) in [5.74, 6) is -0.0528. The SMILES string of the molecule is CCCC/C=C\CCCCCCCC(=O)OCCCCCCCCCCCCCCCCCCCCCCCCCCCCCCCCCCC(=O)NC(CO)C(O)/C=C/CCCCCCCCCCCC. The van der Waals surface area contributed by atoms with Gasteiger partial charge in [0, 0.05) is 12.8 Å². The second-order valence-electron chi connectivity index (χ2n) is 22.5. The molecule has 0 aliphatic carbocycles. The Morgan fingerprint density at radius 3 is 1.03 bits per heavy atom. The van der Waals surface area contributed by atoms with Gasteiger partial charge in [0.2, 0.25) is 5.91 Å². The lowest BCUT2D eigenvalue weighted by molar-refractivity contribution is -0.143. The lowest BCUT2D eigenvalue weighted by Crippen LogP contribution is -2.45. The summed E-state index contributed by atoms with van der Waals surface area (Å²) in [5.41, 5.74) is 0. The van der Waals surface area contributed by atoms with E-state index in [-0.39, 0.29) is 18.5 Å². The van der Waals surface area contributed by atoms with Crippen LogP contribution in [-0.2, 0) is 14.3 Å². The van der Waals surface area contributed by atoms with E-state index >= 15 is 0 Å². The van der Waals surface area contributed by atoms with E-state index in [1.807, 2.05) is 6.08 Å². The molecule has 0 saturated heterocycles. The van der Waals surface area contributed by atoms with Crippen molar-refractivity contribution in [2.75, 3.05) is 13.2 Å². The van der Waals surface area contributed by atoms with E-state index in [0.29, 0.717) is 19.4 Å². The molecule has 0 aliphatic rings. The van der Waals surface area contributed by atoms with Crippen LogP contribution in [-0.4, -0.2) is 47.4 Å². The fourth-order valence-electron chi connectivity index (χ4n) is 10.2. The molecule has 1 amide bonds. The second kappa shape index (κ2) is 61.9. The number of esters is 1. The summed E-state index contributed by atoms with van der Waals surface area (Å²) in [5, 5.41) is 23.1. The van der Waals surface area contributed by atoms with Crippen LogP contribution < -0.4 is 5.32 Å². The summed E-state index contributed by atoms with van der Waals surface area (Å²) >= 11 is 0. The molecule has 0 saturated carbocycles. The van der Waals surface area contributed by atoms with Gasteiger partial charge in [0.05, 0.1) is 25.4 Å². The van der Waals surface area contributed by atoms with Crippen LogP contribution >= 0.6 is 0 Å². The maximum atomic E-state index is 12.4. The molecule has 0 spiro atoms. The van der Waals surface area contributed by atoms with E-state index in [0.717, 1.165) is 44.9 Å². The van der Waals surface area contributed by atoms with Gasteiger partial charge in [-0.15, -0.1) is 0 Å². The van der Waals surface area contributed by atoms with Gasteiger partial charge in [0.15, 0.2) is 0 Å². The minimum Gasteiger partial charge on any atom is -0.466 e. The van der Waals surface area contributed by atoms with Gasteiger partial charge in [-0.05, 0) is 51.4 Å². The van der Waals surface area contributed by atoms with Gasteiger partial charge < -0.3 is 20.3 Å². The van der Waals surface area contributed by atoms with Crippen LogP contribution in [0.1, 0.15) is 361 Å². The number of amides is 1. The van der Waals surface area contributed by atoms with Gasteiger partial charge in [0.25, 0.3) is 0 Å². The predicted molar refractivity (Wildman–Crippen MR) is 315 cm³/mol. The molecule has 2 atom stereocenters. The Morgan fingerprint density at radius 1 is 0.375 bits per heavy atom. The molecule has 3 N–H and O–H groups in total. The number of carbonyl (C=O) groups is 2. The van der Waals surface area contributed by atoms with E-state index in [1.165, 1.54) is 289 Å². The van der Waals surface area contributed by atoms with Gasteiger partial charge in [-0.1, -0.05) is 321 Å². The topological polar surface area (TPSA) is 95.9 Å².